The molecule has 6 heteroatoms. The summed E-state index contributed by atoms with van der Waals surface area (Å²) in [6, 6.07) is 25.1. The molecule has 0 unspecified atom stereocenters. The number of hydrogen-bond acceptors (Lipinski definition) is 3. The Kier molecular flexibility index (Phi) is 6.64. The molecule has 2 atom stereocenters. The van der Waals surface area contributed by atoms with E-state index in [1.807, 2.05) is 85.8 Å². The number of amides is 2. The minimum Gasteiger partial charge on any atom is -0.352 e. The molecule has 1 N–H and O–H groups in total. The lowest BCUT2D eigenvalue weighted by Gasteiger charge is -2.35. The van der Waals surface area contributed by atoms with Gasteiger partial charge in [-0.25, -0.2) is 0 Å². The second-order valence-electron chi connectivity index (χ2n) is 7.55. The maximum atomic E-state index is 13.5. The molecule has 0 aliphatic carbocycles. The number of para-hydroxylation sites is 1. The van der Waals surface area contributed by atoms with Crippen molar-refractivity contribution in [2.75, 3.05) is 4.90 Å². The van der Waals surface area contributed by atoms with Crippen molar-refractivity contribution in [1.29, 1.82) is 0 Å². The molecule has 0 bridgehead atoms. The van der Waals surface area contributed by atoms with Gasteiger partial charge in [0.2, 0.25) is 11.8 Å². The minimum atomic E-state index is -0.496. The van der Waals surface area contributed by atoms with Crippen molar-refractivity contribution < 1.29 is 9.59 Å². The molecule has 1 heterocycles. The number of fused-ring (bicyclic) bond motifs is 1. The van der Waals surface area contributed by atoms with Crippen LogP contribution in [0.15, 0.2) is 83.8 Å². The number of thioether (sulfide) groups is 1. The SMILES string of the molecule is C[C@@H](C(=O)NCc1ccccc1)[C@H]1Sc2ccccc2N(Cc2cccc(Cl)c2)C1=O. The third kappa shape index (κ3) is 4.94. The van der Waals surface area contributed by atoms with Crippen LogP contribution in [-0.4, -0.2) is 17.1 Å². The summed E-state index contributed by atoms with van der Waals surface area (Å²) in [7, 11) is 0. The van der Waals surface area contributed by atoms with Crippen molar-refractivity contribution >= 4 is 40.9 Å². The topological polar surface area (TPSA) is 49.4 Å². The molecule has 3 aromatic carbocycles. The van der Waals surface area contributed by atoms with Gasteiger partial charge >= 0.3 is 0 Å². The van der Waals surface area contributed by atoms with Gasteiger partial charge in [-0.1, -0.05) is 73.1 Å². The lowest BCUT2D eigenvalue weighted by molar-refractivity contribution is -0.128. The number of halogens is 1. The highest BCUT2D eigenvalue weighted by atomic mass is 35.5. The van der Waals surface area contributed by atoms with Crippen LogP contribution >= 0.6 is 23.4 Å². The predicted molar refractivity (Wildman–Crippen MR) is 126 cm³/mol. The Morgan fingerprint density at radius 1 is 1.03 bits per heavy atom. The molecular formula is C25H23ClN2O2S. The van der Waals surface area contributed by atoms with E-state index in [0.29, 0.717) is 18.1 Å². The summed E-state index contributed by atoms with van der Waals surface area (Å²) in [4.78, 5) is 29.1. The number of rotatable bonds is 6. The van der Waals surface area contributed by atoms with Gasteiger partial charge in [-0.05, 0) is 35.4 Å². The van der Waals surface area contributed by atoms with Crippen molar-refractivity contribution in [2.24, 2.45) is 5.92 Å². The molecule has 2 amide bonds. The standard InChI is InChI=1S/C25H23ClN2O2S/c1-17(24(29)27-15-18-8-3-2-4-9-18)23-25(30)28(16-19-10-7-11-20(26)14-19)21-12-5-6-13-22(21)31-23/h2-14,17,23H,15-16H2,1H3,(H,27,29)/t17-,23-/m1/s1. The summed E-state index contributed by atoms with van der Waals surface area (Å²) in [5.41, 5.74) is 2.84. The average molecular weight is 451 g/mol. The van der Waals surface area contributed by atoms with Crippen LogP contribution in [-0.2, 0) is 22.7 Å². The van der Waals surface area contributed by atoms with Crippen molar-refractivity contribution in [1.82, 2.24) is 5.32 Å². The maximum Gasteiger partial charge on any atom is 0.241 e. The Bertz CT molecular complexity index is 1090. The fourth-order valence-corrected chi connectivity index (χ4v) is 5.12. The first-order chi connectivity index (χ1) is 15.0. The summed E-state index contributed by atoms with van der Waals surface area (Å²) >= 11 is 7.61. The Hall–Kier alpha value is -2.76. The lowest BCUT2D eigenvalue weighted by atomic mass is 10.0. The number of anilines is 1. The van der Waals surface area contributed by atoms with Gasteiger partial charge in [0.15, 0.2) is 0 Å². The second-order valence-corrected chi connectivity index (χ2v) is 9.17. The number of hydrogen-bond donors (Lipinski definition) is 1. The van der Waals surface area contributed by atoms with Gasteiger partial charge in [0.25, 0.3) is 0 Å². The molecule has 0 saturated heterocycles. The third-order valence-electron chi connectivity index (χ3n) is 5.33. The fourth-order valence-electron chi connectivity index (χ4n) is 3.62. The van der Waals surface area contributed by atoms with Crippen molar-refractivity contribution in [3.63, 3.8) is 0 Å². The first kappa shape index (κ1) is 21.5. The van der Waals surface area contributed by atoms with Crippen LogP contribution in [0.1, 0.15) is 18.1 Å². The summed E-state index contributed by atoms with van der Waals surface area (Å²) < 4.78 is 0. The highest BCUT2D eigenvalue weighted by Crippen LogP contribution is 2.42. The van der Waals surface area contributed by atoms with Crippen LogP contribution < -0.4 is 10.2 Å². The Morgan fingerprint density at radius 2 is 1.74 bits per heavy atom. The van der Waals surface area contributed by atoms with Crippen LogP contribution in [0.2, 0.25) is 5.02 Å². The van der Waals surface area contributed by atoms with Crippen LogP contribution in [0.3, 0.4) is 0 Å². The molecule has 1 aliphatic heterocycles. The van der Waals surface area contributed by atoms with Crippen LogP contribution in [0, 0.1) is 5.92 Å². The Morgan fingerprint density at radius 3 is 2.52 bits per heavy atom. The van der Waals surface area contributed by atoms with Gasteiger partial charge < -0.3 is 10.2 Å². The first-order valence-corrected chi connectivity index (χ1v) is 11.4. The molecule has 0 saturated carbocycles. The molecule has 0 spiro atoms. The maximum absolute atomic E-state index is 13.5. The zero-order chi connectivity index (χ0) is 21.8. The number of nitrogens with one attached hydrogen (secondary N) is 1. The second kappa shape index (κ2) is 9.58. The van der Waals surface area contributed by atoms with Crippen molar-refractivity contribution in [3.05, 3.63) is 95.0 Å². The van der Waals surface area contributed by atoms with Gasteiger partial charge in [-0.3, -0.25) is 9.59 Å². The number of benzene rings is 3. The molecule has 4 rings (SSSR count). The zero-order valence-electron chi connectivity index (χ0n) is 17.1. The molecule has 3 aromatic rings. The van der Waals surface area contributed by atoms with E-state index in [-0.39, 0.29) is 11.8 Å². The van der Waals surface area contributed by atoms with Gasteiger partial charge in [-0.15, -0.1) is 11.8 Å². The molecule has 4 nitrogen and oxygen atoms in total. The van der Waals surface area contributed by atoms with Crippen LogP contribution in [0.4, 0.5) is 5.69 Å². The summed E-state index contributed by atoms with van der Waals surface area (Å²) in [6.07, 6.45) is 0. The van der Waals surface area contributed by atoms with E-state index in [4.69, 9.17) is 11.6 Å². The molecule has 158 valence electrons. The Balaban J connectivity index is 1.54. The Labute approximate surface area is 191 Å². The number of nitrogens with zero attached hydrogens (tertiary/aromatic N) is 1. The molecule has 1 aliphatic rings. The average Bonchev–Trinajstić information content (AvgIpc) is 2.79. The van der Waals surface area contributed by atoms with E-state index < -0.39 is 11.2 Å². The molecule has 0 fully saturated rings. The number of carbonyl (C=O) groups excluding carboxylic acids is 2. The summed E-state index contributed by atoms with van der Waals surface area (Å²) in [6.45, 7) is 2.67. The molecule has 31 heavy (non-hydrogen) atoms. The fraction of sp³-hybridized carbons (Fsp3) is 0.200. The number of carbonyl (C=O) groups is 2. The quantitative estimate of drug-likeness (QED) is 0.554. The largest absolute Gasteiger partial charge is 0.352 e. The van der Waals surface area contributed by atoms with E-state index in [1.165, 1.54) is 11.8 Å². The van der Waals surface area contributed by atoms with E-state index >= 15 is 0 Å². The highest BCUT2D eigenvalue weighted by Gasteiger charge is 2.39. The monoisotopic (exact) mass is 450 g/mol. The minimum absolute atomic E-state index is 0.0639. The van der Waals surface area contributed by atoms with E-state index in [2.05, 4.69) is 5.32 Å². The lowest BCUT2D eigenvalue weighted by Crippen LogP contribution is -2.47. The molecule has 0 aromatic heterocycles. The van der Waals surface area contributed by atoms with E-state index in [9.17, 15) is 9.59 Å². The van der Waals surface area contributed by atoms with E-state index in [0.717, 1.165) is 21.7 Å². The van der Waals surface area contributed by atoms with Crippen molar-refractivity contribution in [2.45, 2.75) is 30.2 Å². The first-order valence-electron chi connectivity index (χ1n) is 10.2. The third-order valence-corrected chi connectivity index (χ3v) is 7.02. The van der Waals surface area contributed by atoms with Gasteiger partial charge in [-0.2, -0.15) is 0 Å². The molecular weight excluding hydrogens is 428 g/mol. The van der Waals surface area contributed by atoms with Crippen LogP contribution in [0.25, 0.3) is 0 Å². The van der Waals surface area contributed by atoms with E-state index in [1.54, 1.807) is 4.90 Å². The summed E-state index contributed by atoms with van der Waals surface area (Å²) in [5, 5.41) is 3.11. The van der Waals surface area contributed by atoms with Crippen molar-refractivity contribution in [3.8, 4) is 0 Å². The van der Waals surface area contributed by atoms with Gasteiger partial charge in [0.1, 0.15) is 5.25 Å². The highest BCUT2D eigenvalue weighted by molar-refractivity contribution is 8.01. The smallest absolute Gasteiger partial charge is 0.241 e. The normalized spacial score (nSPS) is 16.5. The van der Waals surface area contributed by atoms with Crippen LogP contribution in [0.5, 0.6) is 0 Å². The zero-order valence-corrected chi connectivity index (χ0v) is 18.7. The summed E-state index contributed by atoms with van der Waals surface area (Å²) in [5.74, 6) is -0.667. The van der Waals surface area contributed by atoms with Gasteiger partial charge in [0.05, 0.1) is 18.2 Å². The molecule has 0 radical (unpaired) electrons. The predicted octanol–water partition coefficient (Wildman–Crippen LogP) is 5.30. The van der Waals surface area contributed by atoms with Gasteiger partial charge in [0, 0.05) is 16.5 Å².